The van der Waals surface area contributed by atoms with Crippen molar-refractivity contribution in [1.82, 2.24) is 9.88 Å². The number of halogens is 1. The fourth-order valence-electron chi connectivity index (χ4n) is 3.54. The summed E-state index contributed by atoms with van der Waals surface area (Å²) in [5.41, 5.74) is 5.02. The Morgan fingerprint density at radius 1 is 0.824 bits per heavy atom. The highest BCUT2D eigenvalue weighted by molar-refractivity contribution is 7.22. The Bertz CT molecular complexity index is 1260. The molecule has 0 unspecified atom stereocenters. The van der Waals surface area contributed by atoms with Gasteiger partial charge in [0.05, 0.1) is 10.2 Å². The van der Waals surface area contributed by atoms with Crippen LogP contribution < -0.4 is 4.90 Å². The first kappa shape index (κ1) is 25.6. The van der Waals surface area contributed by atoms with Gasteiger partial charge in [-0.1, -0.05) is 53.8 Å². The van der Waals surface area contributed by atoms with Crippen LogP contribution in [0.15, 0.2) is 66.7 Å². The average Bonchev–Trinajstić information content (AvgIpc) is 3.21. The van der Waals surface area contributed by atoms with E-state index in [4.69, 9.17) is 4.98 Å². The van der Waals surface area contributed by atoms with E-state index < -0.39 is 0 Å². The summed E-state index contributed by atoms with van der Waals surface area (Å²) in [6, 6.07) is 20.2. The van der Waals surface area contributed by atoms with Gasteiger partial charge >= 0.3 is 0 Å². The summed E-state index contributed by atoms with van der Waals surface area (Å²) in [4.78, 5) is 34.8. The monoisotopic (exact) mass is 493 g/mol. The molecule has 0 atom stereocenters. The summed E-state index contributed by atoms with van der Waals surface area (Å²) in [6.07, 6.45) is 0. The molecule has 5 nitrogen and oxygen atoms in total. The van der Waals surface area contributed by atoms with Crippen LogP contribution in [-0.2, 0) is 0 Å². The van der Waals surface area contributed by atoms with Crippen molar-refractivity contribution in [2.75, 3.05) is 32.1 Å². The number of amides is 1. The molecule has 0 saturated carbocycles. The first-order chi connectivity index (χ1) is 15.8. The number of nitrogens with zero attached hydrogens (tertiary/aromatic N) is 3. The van der Waals surface area contributed by atoms with Gasteiger partial charge in [0.25, 0.3) is 5.91 Å². The number of hydrogen-bond acceptors (Lipinski definition) is 5. The maximum absolute atomic E-state index is 13.5. The van der Waals surface area contributed by atoms with E-state index >= 15 is 0 Å². The number of anilines is 1. The Labute approximate surface area is 210 Å². The summed E-state index contributed by atoms with van der Waals surface area (Å²) in [7, 11) is 3.97. The van der Waals surface area contributed by atoms with Crippen molar-refractivity contribution in [3.05, 3.63) is 94.5 Å². The molecule has 0 aliphatic rings. The van der Waals surface area contributed by atoms with E-state index in [1.807, 2.05) is 37.2 Å². The third-order valence-electron chi connectivity index (χ3n) is 5.67. The summed E-state index contributed by atoms with van der Waals surface area (Å²) < 4.78 is 1.07. The van der Waals surface area contributed by atoms with Gasteiger partial charge in [0.2, 0.25) is 0 Å². The first-order valence-corrected chi connectivity index (χ1v) is 11.7. The molecular weight excluding hydrogens is 466 g/mol. The SMILES string of the molecule is Cc1cc2nc(N(CCN(C)C)C(=O)c3ccc(C(=O)c4ccccc4)cc3)sc2cc1C.Cl. The van der Waals surface area contributed by atoms with Crippen LogP contribution in [0.4, 0.5) is 5.13 Å². The van der Waals surface area contributed by atoms with Crippen LogP contribution in [0.3, 0.4) is 0 Å². The van der Waals surface area contributed by atoms with Gasteiger partial charge in [0.15, 0.2) is 10.9 Å². The van der Waals surface area contributed by atoms with Crippen molar-refractivity contribution >= 4 is 50.8 Å². The van der Waals surface area contributed by atoms with E-state index in [2.05, 4.69) is 26.0 Å². The van der Waals surface area contributed by atoms with Crippen LogP contribution >= 0.6 is 23.7 Å². The van der Waals surface area contributed by atoms with E-state index in [0.29, 0.717) is 34.9 Å². The summed E-state index contributed by atoms with van der Waals surface area (Å²) in [5.74, 6) is -0.181. The van der Waals surface area contributed by atoms with Gasteiger partial charge in [-0.05, 0) is 63.3 Å². The molecule has 3 aromatic carbocycles. The second-order valence-electron chi connectivity index (χ2n) is 8.43. The van der Waals surface area contributed by atoms with Gasteiger partial charge in [-0.15, -0.1) is 12.4 Å². The van der Waals surface area contributed by atoms with Gasteiger partial charge in [-0.3, -0.25) is 14.5 Å². The van der Waals surface area contributed by atoms with Gasteiger partial charge in [-0.25, -0.2) is 4.98 Å². The lowest BCUT2D eigenvalue weighted by Crippen LogP contribution is -2.36. The first-order valence-electron chi connectivity index (χ1n) is 10.9. The Kier molecular flexibility index (Phi) is 8.20. The standard InChI is InChI=1S/C27H27N3O2S.ClH/c1-18-16-23-24(17-19(18)2)33-27(28-23)30(15-14-29(3)4)26(32)22-12-10-21(11-13-22)25(31)20-8-6-5-7-9-20;/h5-13,16-17H,14-15H2,1-4H3;1H. The van der Waals surface area contributed by atoms with Gasteiger partial charge in [0.1, 0.15) is 0 Å². The summed E-state index contributed by atoms with van der Waals surface area (Å²) in [6.45, 7) is 5.39. The van der Waals surface area contributed by atoms with E-state index in [-0.39, 0.29) is 24.1 Å². The molecular formula is C27H28ClN3O2S. The molecule has 0 bridgehead atoms. The molecule has 0 spiro atoms. The lowest BCUT2D eigenvalue weighted by Gasteiger charge is -2.22. The molecule has 0 N–H and O–H groups in total. The molecule has 0 aliphatic heterocycles. The predicted octanol–water partition coefficient (Wildman–Crippen LogP) is 5.77. The van der Waals surface area contributed by atoms with E-state index in [0.717, 1.165) is 10.2 Å². The molecule has 4 aromatic rings. The molecule has 0 fully saturated rings. The lowest BCUT2D eigenvalue weighted by molar-refractivity contribution is 0.0982. The van der Waals surface area contributed by atoms with Crippen LogP contribution in [-0.4, -0.2) is 48.8 Å². The van der Waals surface area contributed by atoms with Crippen molar-refractivity contribution in [1.29, 1.82) is 0 Å². The molecule has 0 radical (unpaired) electrons. The highest BCUT2D eigenvalue weighted by Gasteiger charge is 2.22. The molecule has 4 rings (SSSR count). The smallest absolute Gasteiger partial charge is 0.260 e. The number of aryl methyl sites for hydroxylation is 2. The largest absolute Gasteiger partial charge is 0.308 e. The quantitative estimate of drug-likeness (QED) is 0.306. The van der Waals surface area contributed by atoms with Crippen molar-refractivity contribution in [2.45, 2.75) is 13.8 Å². The minimum absolute atomic E-state index is 0. The Morgan fingerprint density at radius 3 is 2.06 bits per heavy atom. The van der Waals surface area contributed by atoms with Gasteiger partial charge < -0.3 is 4.90 Å². The van der Waals surface area contributed by atoms with Crippen LogP contribution in [0.5, 0.6) is 0 Å². The number of fused-ring (bicyclic) bond motifs is 1. The molecule has 0 saturated heterocycles. The van der Waals surface area contributed by atoms with Crippen molar-refractivity contribution in [3.63, 3.8) is 0 Å². The van der Waals surface area contributed by atoms with Crippen LogP contribution in [0, 0.1) is 13.8 Å². The number of hydrogen-bond donors (Lipinski definition) is 0. The Hall–Kier alpha value is -3.06. The highest BCUT2D eigenvalue weighted by atomic mass is 35.5. The third-order valence-corrected chi connectivity index (χ3v) is 6.71. The number of rotatable bonds is 7. The second-order valence-corrected chi connectivity index (χ2v) is 9.44. The maximum atomic E-state index is 13.5. The van der Waals surface area contributed by atoms with E-state index in [1.54, 1.807) is 41.3 Å². The zero-order chi connectivity index (χ0) is 23.5. The number of thiazole rings is 1. The summed E-state index contributed by atoms with van der Waals surface area (Å²) in [5, 5.41) is 0.686. The molecule has 1 amide bonds. The van der Waals surface area contributed by atoms with Crippen LogP contribution in [0.25, 0.3) is 10.2 Å². The molecule has 1 aromatic heterocycles. The minimum atomic E-state index is -0.122. The minimum Gasteiger partial charge on any atom is -0.308 e. The fraction of sp³-hybridized carbons (Fsp3) is 0.222. The predicted molar refractivity (Wildman–Crippen MR) is 143 cm³/mol. The summed E-state index contributed by atoms with van der Waals surface area (Å²) >= 11 is 1.53. The normalized spacial score (nSPS) is 10.9. The molecule has 176 valence electrons. The Morgan fingerprint density at radius 2 is 1.41 bits per heavy atom. The number of aromatic nitrogens is 1. The topological polar surface area (TPSA) is 53.5 Å². The highest BCUT2D eigenvalue weighted by Crippen LogP contribution is 2.31. The number of ketones is 1. The molecule has 0 aliphatic carbocycles. The van der Waals surface area contributed by atoms with Crippen molar-refractivity contribution in [2.24, 2.45) is 0 Å². The number of likely N-dealkylation sites (N-methyl/N-ethyl adjacent to an activating group) is 1. The number of carbonyl (C=O) groups is 2. The van der Waals surface area contributed by atoms with E-state index in [1.165, 1.54) is 22.5 Å². The molecule has 34 heavy (non-hydrogen) atoms. The zero-order valence-corrected chi connectivity index (χ0v) is 21.4. The Balaban J connectivity index is 0.00000324. The van der Waals surface area contributed by atoms with Gasteiger partial charge in [0, 0.05) is 29.8 Å². The molecule has 7 heteroatoms. The van der Waals surface area contributed by atoms with Crippen LogP contribution in [0.2, 0.25) is 0 Å². The lowest BCUT2D eigenvalue weighted by atomic mass is 10.0. The van der Waals surface area contributed by atoms with Crippen molar-refractivity contribution in [3.8, 4) is 0 Å². The molecule has 1 heterocycles. The van der Waals surface area contributed by atoms with Gasteiger partial charge in [-0.2, -0.15) is 0 Å². The fourth-order valence-corrected chi connectivity index (χ4v) is 4.61. The number of carbonyl (C=O) groups excluding carboxylic acids is 2. The van der Waals surface area contributed by atoms with Crippen molar-refractivity contribution < 1.29 is 9.59 Å². The second kappa shape index (κ2) is 10.9. The maximum Gasteiger partial charge on any atom is 0.260 e. The third kappa shape index (κ3) is 5.53. The zero-order valence-electron chi connectivity index (χ0n) is 19.7. The number of benzene rings is 3. The van der Waals surface area contributed by atoms with Crippen LogP contribution in [0.1, 0.15) is 37.4 Å². The average molecular weight is 494 g/mol. The van der Waals surface area contributed by atoms with E-state index in [9.17, 15) is 9.59 Å².